The number of hydrogen-bond acceptors (Lipinski definition) is 6. The van der Waals surface area contributed by atoms with Crippen LogP contribution in [0.25, 0.3) is 10.2 Å². The molecule has 2 aromatic heterocycles. The van der Waals surface area contributed by atoms with E-state index in [0.717, 1.165) is 23.8 Å². The van der Waals surface area contributed by atoms with Crippen LogP contribution in [0, 0.1) is 18.6 Å². The van der Waals surface area contributed by atoms with Crippen molar-refractivity contribution in [1.29, 1.82) is 0 Å². The first kappa shape index (κ1) is 18.5. The molecule has 0 saturated heterocycles. The molecule has 1 aliphatic rings. The third-order valence-corrected chi connectivity index (χ3v) is 6.02. The third-order valence-electron chi connectivity index (χ3n) is 4.86. The Kier molecular flexibility index (Phi) is 4.62. The number of halogens is 2. The van der Waals surface area contributed by atoms with Gasteiger partial charge >= 0.3 is 5.97 Å². The van der Waals surface area contributed by atoms with E-state index in [1.54, 1.807) is 11.8 Å². The van der Waals surface area contributed by atoms with Crippen LogP contribution in [-0.4, -0.2) is 29.6 Å². The second-order valence-electron chi connectivity index (χ2n) is 6.66. The summed E-state index contributed by atoms with van der Waals surface area (Å²) >= 11 is 1.09. The third kappa shape index (κ3) is 3.05. The second-order valence-corrected chi connectivity index (χ2v) is 7.66. The first-order chi connectivity index (χ1) is 13.4. The molecule has 1 aliphatic heterocycles. The van der Waals surface area contributed by atoms with E-state index in [9.17, 15) is 18.4 Å². The van der Waals surface area contributed by atoms with Gasteiger partial charge in [0.2, 0.25) is 0 Å². The molecule has 146 valence electrons. The number of nitrogens with one attached hydrogen (secondary N) is 1. The van der Waals surface area contributed by atoms with Crippen LogP contribution < -0.4 is 10.5 Å². The van der Waals surface area contributed by atoms with Gasteiger partial charge in [-0.3, -0.25) is 4.79 Å². The molecular weight excluding hydrogens is 388 g/mol. The van der Waals surface area contributed by atoms with Crippen molar-refractivity contribution in [3.8, 4) is 0 Å². The molecular formula is C19H17F2N3O3S. The normalized spacial score (nSPS) is 13.6. The Morgan fingerprint density at radius 2 is 2.18 bits per heavy atom. The molecule has 3 aromatic rings. The maximum atomic E-state index is 14.4. The van der Waals surface area contributed by atoms with E-state index < -0.39 is 17.6 Å². The lowest BCUT2D eigenvalue weighted by atomic mass is 10.0. The molecule has 0 fully saturated rings. The topological polar surface area (TPSA) is 75.3 Å². The van der Waals surface area contributed by atoms with E-state index in [1.807, 2.05) is 0 Å². The second kappa shape index (κ2) is 6.97. The number of aromatic amines is 1. The minimum Gasteiger partial charge on any atom is -0.465 e. The minimum atomic E-state index is -0.627. The summed E-state index contributed by atoms with van der Waals surface area (Å²) in [5.74, 6) is -1.39. The van der Waals surface area contributed by atoms with Gasteiger partial charge in [0.1, 0.15) is 27.2 Å². The van der Waals surface area contributed by atoms with Gasteiger partial charge < -0.3 is 14.6 Å². The van der Waals surface area contributed by atoms with E-state index in [-0.39, 0.29) is 12.1 Å². The first-order valence-electron chi connectivity index (χ1n) is 8.72. The van der Waals surface area contributed by atoms with Crippen LogP contribution >= 0.6 is 11.3 Å². The number of carbonyl (C=O) groups is 1. The lowest BCUT2D eigenvalue weighted by molar-refractivity contribution is 0.0605. The Morgan fingerprint density at radius 1 is 1.39 bits per heavy atom. The number of H-pyrrole nitrogens is 1. The monoisotopic (exact) mass is 405 g/mol. The Hall–Kier alpha value is -2.81. The summed E-state index contributed by atoms with van der Waals surface area (Å²) in [5, 5.41) is 0.349. The lowest BCUT2D eigenvalue weighted by Crippen LogP contribution is -2.31. The number of anilines is 1. The molecule has 0 unspecified atom stereocenters. The highest BCUT2D eigenvalue weighted by Crippen LogP contribution is 2.32. The molecule has 6 nitrogen and oxygen atoms in total. The molecule has 28 heavy (non-hydrogen) atoms. The van der Waals surface area contributed by atoms with Crippen LogP contribution in [0.1, 0.15) is 33.0 Å². The van der Waals surface area contributed by atoms with Gasteiger partial charge in [-0.1, -0.05) is 0 Å². The number of fused-ring (bicyclic) bond motifs is 2. The number of methoxy groups -OCH3 is 1. The Bertz CT molecular complexity index is 1160. The Balaban J connectivity index is 1.74. The highest BCUT2D eigenvalue weighted by molar-refractivity contribution is 7.20. The van der Waals surface area contributed by atoms with Gasteiger partial charge in [-0.05, 0) is 37.0 Å². The molecule has 3 heterocycles. The number of aryl methyl sites for hydroxylation is 2. The molecule has 1 N–H and O–H groups in total. The van der Waals surface area contributed by atoms with Gasteiger partial charge in [-0.2, -0.15) is 0 Å². The highest BCUT2D eigenvalue weighted by atomic mass is 32.1. The van der Waals surface area contributed by atoms with E-state index in [4.69, 9.17) is 4.74 Å². The molecule has 0 saturated carbocycles. The zero-order chi connectivity index (χ0) is 20.0. The van der Waals surface area contributed by atoms with E-state index in [0.29, 0.717) is 50.7 Å². The summed E-state index contributed by atoms with van der Waals surface area (Å²) in [4.78, 5) is 34.1. The van der Waals surface area contributed by atoms with E-state index >= 15 is 0 Å². The van der Waals surface area contributed by atoms with Crippen molar-refractivity contribution in [1.82, 2.24) is 9.97 Å². The fraction of sp³-hybridized carbons (Fsp3) is 0.316. The van der Waals surface area contributed by atoms with Crippen LogP contribution in [0.2, 0.25) is 0 Å². The molecule has 0 radical (unpaired) electrons. The van der Waals surface area contributed by atoms with Gasteiger partial charge in [-0.25, -0.2) is 18.6 Å². The number of thiophene rings is 1. The van der Waals surface area contributed by atoms with Gasteiger partial charge in [0.15, 0.2) is 0 Å². The van der Waals surface area contributed by atoms with Crippen molar-refractivity contribution >= 4 is 33.2 Å². The predicted molar refractivity (Wildman–Crippen MR) is 102 cm³/mol. The molecule has 0 aliphatic carbocycles. The van der Waals surface area contributed by atoms with Crippen molar-refractivity contribution in [2.45, 2.75) is 26.3 Å². The summed E-state index contributed by atoms with van der Waals surface area (Å²) in [6.45, 7) is 2.41. The summed E-state index contributed by atoms with van der Waals surface area (Å²) in [5.41, 5.74) is 1.11. The largest absolute Gasteiger partial charge is 0.465 e. The van der Waals surface area contributed by atoms with Crippen LogP contribution in [0.3, 0.4) is 0 Å². The fourth-order valence-corrected chi connectivity index (χ4v) is 4.74. The molecule has 0 amide bonds. The molecule has 4 rings (SSSR count). The van der Waals surface area contributed by atoms with Crippen LogP contribution in [-0.2, 0) is 17.7 Å². The number of aromatic nitrogens is 2. The summed E-state index contributed by atoms with van der Waals surface area (Å²) in [6.07, 6.45) is 1.34. The average Bonchev–Trinajstić information content (AvgIpc) is 2.97. The number of hydrogen-bond donors (Lipinski definition) is 1. The first-order valence-corrected chi connectivity index (χ1v) is 9.54. The number of rotatable bonds is 3. The SMILES string of the molecule is COC(=O)c1sc2nc(CN3CCCc4cc(F)cc(F)c43)[nH]c(=O)c2c1C. The maximum absolute atomic E-state index is 14.4. The molecule has 0 atom stereocenters. The van der Waals surface area contributed by atoms with Crippen LogP contribution in [0.5, 0.6) is 0 Å². The highest BCUT2D eigenvalue weighted by Gasteiger charge is 2.24. The fourth-order valence-electron chi connectivity index (χ4n) is 3.63. The van der Waals surface area contributed by atoms with Gasteiger partial charge in [0, 0.05) is 12.6 Å². The Labute approximate surface area is 162 Å². The van der Waals surface area contributed by atoms with Gasteiger partial charge in [0.05, 0.1) is 24.7 Å². The van der Waals surface area contributed by atoms with Crippen LogP contribution in [0.4, 0.5) is 14.5 Å². The van der Waals surface area contributed by atoms with E-state index in [1.165, 1.54) is 13.2 Å². The maximum Gasteiger partial charge on any atom is 0.348 e. The predicted octanol–water partition coefficient (Wildman–Crippen LogP) is 3.31. The number of nitrogens with zero attached hydrogens (tertiary/aromatic N) is 2. The van der Waals surface area contributed by atoms with Crippen LogP contribution in [0.15, 0.2) is 16.9 Å². The number of ether oxygens (including phenoxy) is 1. The molecule has 1 aromatic carbocycles. The minimum absolute atomic E-state index is 0.172. The van der Waals surface area contributed by atoms with Crippen molar-refractivity contribution in [3.05, 3.63) is 55.9 Å². The van der Waals surface area contributed by atoms with E-state index in [2.05, 4.69) is 9.97 Å². The number of esters is 1. The van der Waals surface area contributed by atoms with Crippen molar-refractivity contribution < 1.29 is 18.3 Å². The lowest BCUT2D eigenvalue weighted by Gasteiger charge is -2.31. The summed E-state index contributed by atoms with van der Waals surface area (Å²) in [7, 11) is 1.28. The quantitative estimate of drug-likeness (QED) is 0.677. The van der Waals surface area contributed by atoms with Crippen molar-refractivity contribution in [3.63, 3.8) is 0 Å². The number of carbonyl (C=O) groups excluding carboxylic acids is 1. The van der Waals surface area contributed by atoms with Crippen molar-refractivity contribution in [2.75, 3.05) is 18.6 Å². The number of benzene rings is 1. The zero-order valence-electron chi connectivity index (χ0n) is 15.3. The standard InChI is InChI=1S/C19H17F2N3O3S/c1-9-14-17(25)22-13(23-18(14)28-16(9)19(26)27-2)8-24-5-3-4-10-6-11(20)7-12(21)15(10)24/h6-7H,3-5,8H2,1-2H3,(H,22,23,25). The zero-order valence-corrected chi connectivity index (χ0v) is 16.1. The molecule has 0 spiro atoms. The van der Waals surface area contributed by atoms with Gasteiger partial charge in [-0.15, -0.1) is 11.3 Å². The smallest absolute Gasteiger partial charge is 0.348 e. The van der Waals surface area contributed by atoms with Gasteiger partial charge in [0.25, 0.3) is 5.56 Å². The molecule has 0 bridgehead atoms. The van der Waals surface area contributed by atoms with Crippen molar-refractivity contribution in [2.24, 2.45) is 0 Å². The average molecular weight is 405 g/mol. The summed E-state index contributed by atoms with van der Waals surface area (Å²) < 4.78 is 32.6. The summed E-state index contributed by atoms with van der Waals surface area (Å²) in [6, 6.07) is 2.21. The Morgan fingerprint density at radius 3 is 2.93 bits per heavy atom. The molecule has 9 heteroatoms.